The van der Waals surface area contributed by atoms with Gasteiger partial charge in [0.15, 0.2) is 0 Å². The summed E-state index contributed by atoms with van der Waals surface area (Å²) in [6.07, 6.45) is 0. The highest BCUT2D eigenvalue weighted by atomic mass is 16.1. The summed E-state index contributed by atoms with van der Waals surface area (Å²) in [5.41, 5.74) is 5.71. The summed E-state index contributed by atoms with van der Waals surface area (Å²) >= 11 is 0. The van der Waals surface area contributed by atoms with Gasteiger partial charge in [0.2, 0.25) is 0 Å². The Morgan fingerprint density at radius 1 is 1.31 bits per heavy atom. The van der Waals surface area contributed by atoms with E-state index in [4.69, 9.17) is 5.73 Å². The number of nitrogens with two attached hydrogens (primary N) is 1. The van der Waals surface area contributed by atoms with Gasteiger partial charge in [-0.05, 0) is 6.92 Å². The molecule has 0 aromatic carbocycles. The Hall–Kier alpha value is -2.31. The average Bonchev–Trinajstić information content (AvgIpc) is 2.22. The van der Waals surface area contributed by atoms with Crippen LogP contribution in [0.2, 0.25) is 0 Å². The van der Waals surface area contributed by atoms with Gasteiger partial charge in [-0.15, -0.1) is 0 Å². The van der Waals surface area contributed by atoms with E-state index in [0.29, 0.717) is 16.9 Å². The zero-order valence-electron chi connectivity index (χ0n) is 8.84. The summed E-state index contributed by atoms with van der Waals surface area (Å²) < 4.78 is 0. The SMILES string of the molecule is CNc1[nH]c(=O)c2c(N)nc(=O)[nH]c2c1C. The molecule has 16 heavy (non-hydrogen) atoms. The Kier molecular flexibility index (Phi) is 2.15. The van der Waals surface area contributed by atoms with Crippen molar-refractivity contribution in [1.29, 1.82) is 0 Å². The lowest BCUT2D eigenvalue weighted by Crippen LogP contribution is -2.20. The van der Waals surface area contributed by atoms with Gasteiger partial charge in [-0.25, -0.2) is 4.79 Å². The number of hydrogen-bond donors (Lipinski definition) is 4. The normalized spacial score (nSPS) is 10.6. The Morgan fingerprint density at radius 2 is 2.00 bits per heavy atom. The van der Waals surface area contributed by atoms with E-state index in [1.54, 1.807) is 14.0 Å². The van der Waals surface area contributed by atoms with Crippen molar-refractivity contribution in [2.45, 2.75) is 6.92 Å². The summed E-state index contributed by atoms with van der Waals surface area (Å²) in [4.78, 5) is 31.5. The maximum atomic E-state index is 11.7. The van der Waals surface area contributed by atoms with E-state index in [9.17, 15) is 9.59 Å². The first-order chi connectivity index (χ1) is 7.54. The number of aryl methyl sites for hydroxylation is 1. The standard InChI is InChI=1S/C9H11N5O2/c1-3-5-4(6(10)13-9(16)12-5)8(15)14-7(3)11-2/h1-2H3,(H2,11,14,15)(H3,10,12,13,16). The number of aromatic nitrogens is 3. The van der Waals surface area contributed by atoms with Crippen LogP contribution in [-0.2, 0) is 0 Å². The van der Waals surface area contributed by atoms with Crippen molar-refractivity contribution in [3.05, 3.63) is 26.4 Å². The van der Waals surface area contributed by atoms with Gasteiger partial charge in [-0.2, -0.15) is 4.98 Å². The minimum atomic E-state index is -0.569. The third-order valence-electron chi connectivity index (χ3n) is 2.43. The predicted octanol–water partition coefficient (Wildman–Crippen LogP) is -0.456. The zero-order chi connectivity index (χ0) is 11.9. The summed E-state index contributed by atoms with van der Waals surface area (Å²) in [5, 5.41) is 3.03. The van der Waals surface area contributed by atoms with Crippen LogP contribution in [0.5, 0.6) is 0 Å². The molecular formula is C9H11N5O2. The lowest BCUT2D eigenvalue weighted by Gasteiger charge is -2.08. The number of hydrogen-bond acceptors (Lipinski definition) is 5. The van der Waals surface area contributed by atoms with E-state index in [1.165, 1.54) is 0 Å². The highest BCUT2D eigenvalue weighted by Crippen LogP contribution is 2.19. The summed E-state index contributed by atoms with van der Waals surface area (Å²) in [5.74, 6) is 0.476. The molecule has 2 heterocycles. The summed E-state index contributed by atoms with van der Waals surface area (Å²) in [6, 6.07) is 0. The molecular weight excluding hydrogens is 210 g/mol. The Balaban J connectivity index is 3.08. The molecule has 0 unspecified atom stereocenters. The first kappa shape index (κ1) is 10.2. The van der Waals surface area contributed by atoms with Crippen LogP contribution in [0, 0.1) is 6.92 Å². The molecule has 0 aliphatic rings. The van der Waals surface area contributed by atoms with Gasteiger partial charge in [-0.1, -0.05) is 0 Å². The molecule has 0 saturated heterocycles. The molecule has 0 spiro atoms. The second-order valence-electron chi connectivity index (χ2n) is 3.38. The van der Waals surface area contributed by atoms with Gasteiger partial charge < -0.3 is 21.0 Å². The first-order valence-corrected chi connectivity index (χ1v) is 4.64. The number of nitrogen functional groups attached to an aromatic ring is 1. The smallest absolute Gasteiger partial charge is 0.347 e. The molecule has 0 atom stereocenters. The highest BCUT2D eigenvalue weighted by Gasteiger charge is 2.11. The van der Waals surface area contributed by atoms with E-state index in [1.807, 2.05) is 0 Å². The van der Waals surface area contributed by atoms with Gasteiger partial charge in [0, 0.05) is 12.6 Å². The zero-order valence-corrected chi connectivity index (χ0v) is 8.84. The number of pyridine rings is 1. The van der Waals surface area contributed by atoms with Crippen molar-refractivity contribution >= 4 is 22.5 Å². The highest BCUT2D eigenvalue weighted by molar-refractivity contribution is 5.91. The molecule has 2 rings (SSSR count). The number of nitrogens with zero attached hydrogens (tertiary/aromatic N) is 1. The molecule has 0 radical (unpaired) electrons. The van der Waals surface area contributed by atoms with Crippen molar-refractivity contribution < 1.29 is 0 Å². The molecule has 0 saturated carbocycles. The third-order valence-corrected chi connectivity index (χ3v) is 2.43. The fourth-order valence-electron chi connectivity index (χ4n) is 1.65. The van der Waals surface area contributed by atoms with Crippen LogP contribution in [0.3, 0.4) is 0 Å². The Morgan fingerprint density at radius 3 is 2.62 bits per heavy atom. The van der Waals surface area contributed by atoms with Crippen LogP contribution < -0.4 is 22.3 Å². The van der Waals surface area contributed by atoms with Crippen LogP contribution in [0.4, 0.5) is 11.6 Å². The monoisotopic (exact) mass is 221 g/mol. The molecule has 5 N–H and O–H groups in total. The van der Waals surface area contributed by atoms with Gasteiger partial charge in [0.05, 0.1) is 5.52 Å². The molecule has 84 valence electrons. The minimum absolute atomic E-state index is 0.0641. The predicted molar refractivity (Wildman–Crippen MR) is 61.7 cm³/mol. The lowest BCUT2D eigenvalue weighted by molar-refractivity contribution is 1.10. The maximum absolute atomic E-state index is 11.7. The van der Waals surface area contributed by atoms with Crippen molar-refractivity contribution in [3.63, 3.8) is 0 Å². The average molecular weight is 221 g/mol. The third kappa shape index (κ3) is 1.33. The Labute approximate surface area is 89.7 Å². The molecule has 0 fully saturated rings. The molecule has 0 amide bonds. The second-order valence-corrected chi connectivity index (χ2v) is 3.38. The largest absolute Gasteiger partial charge is 0.383 e. The van der Waals surface area contributed by atoms with Crippen LogP contribution in [0.15, 0.2) is 9.59 Å². The number of anilines is 2. The molecule has 0 aliphatic carbocycles. The topological polar surface area (TPSA) is 117 Å². The number of aromatic amines is 2. The van der Waals surface area contributed by atoms with E-state index in [0.717, 1.165) is 0 Å². The number of fused-ring (bicyclic) bond motifs is 1. The molecule has 7 heteroatoms. The summed E-state index contributed by atoms with van der Waals surface area (Å²) in [7, 11) is 1.67. The van der Waals surface area contributed by atoms with Gasteiger partial charge in [0.1, 0.15) is 17.0 Å². The van der Waals surface area contributed by atoms with Gasteiger partial charge in [-0.3, -0.25) is 4.79 Å². The molecule has 0 aliphatic heterocycles. The van der Waals surface area contributed by atoms with Crippen molar-refractivity contribution in [2.24, 2.45) is 0 Å². The second kappa shape index (κ2) is 3.37. The number of rotatable bonds is 1. The van der Waals surface area contributed by atoms with E-state index in [-0.39, 0.29) is 16.8 Å². The quantitative estimate of drug-likeness (QED) is 0.520. The van der Waals surface area contributed by atoms with Crippen molar-refractivity contribution in [3.8, 4) is 0 Å². The maximum Gasteiger partial charge on any atom is 0.347 e. The van der Waals surface area contributed by atoms with Crippen LogP contribution in [0.25, 0.3) is 10.9 Å². The van der Waals surface area contributed by atoms with E-state index >= 15 is 0 Å². The fourth-order valence-corrected chi connectivity index (χ4v) is 1.65. The summed E-state index contributed by atoms with van der Waals surface area (Å²) in [6.45, 7) is 1.76. The van der Waals surface area contributed by atoms with Crippen molar-refractivity contribution in [2.75, 3.05) is 18.1 Å². The first-order valence-electron chi connectivity index (χ1n) is 4.64. The van der Waals surface area contributed by atoms with Crippen LogP contribution in [-0.4, -0.2) is 22.0 Å². The molecule has 2 aromatic rings. The molecule has 2 aromatic heterocycles. The van der Waals surface area contributed by atoms with Crippen molar-refractivity contribution in [1.82, 2.24) is 15.0 Å². The van der Waals surface area contributed by atoms with E-state index < -0.39 is 5.69 Å². The molecule has 7 nitrogen and oxygen atoms in total. The molecule has 0 bridgehead atoms. The van der Waals surface area contributed by atoms with Crippen LogP contribution in [0.1, 0.15) is 5.56 Å². The fraction of sp³-hybridized carbons (Fsp3) is 0.222. The number of H-pyrrole nitrogens is 2. The van der Waals surface area contributed by atoms with Gasteiger partial charge >= 0.3 is 5.69 Å². The minimum Gasteiger partial charge on any atom is -0.383 e. The Bertz CT molecular complexity index is 670. The number of nitrogens with one attached hydrogen (secondary N) is 3. The van der Waals surface area contributed by atoms with E-state index in [2.05, 4.69) is 20.3 Å². The van der Waals surface area contributed by atoms with Crippen LogP contribution >= 0.6 is 0 Å². The van der Waals surface area contributed by atoms with Gasteiger partial charge in [0.25, 0.3) is 5.56 Å². The lowest BCUT2D eigenvalue weighted by atomic mass is 10.2.